The number of ether oxygens (including phenoxy) is 1. The fourth-order valence-electron chi connectivity index (χ4n) is 1.90. The summed E-state index contributed by atoms with van der Waals surface area (Å²) in [6, 6.07) is 0. The van der Waals surface area contributed by atoms with Crippen LogP contribution in [0.15, 0.2) is 9.98 Å². The summed E-state index contributed by atoms with van der Waals surface area (Å²) in [5.74, 6) is 1.33. The molecule has 0 radical (unpaired) electrons. The van der Waals surface area contributed by atoms with Gasteiger partial charge in [-0.25, -0.2) is 0 Å². The Hall–Kier alpha value is -1.14. The van der Waals surface area contributed by atoms with E-state index in [4.69, 9.17) is 15.6 Å². The molecule has 104 valence electrons. The largest absolute Gasteiger partial charge is 0.395 e. The van der Waals surface area contributed by atoms with Gasteiger partial charge >= 0.3 is 0 Å². The molecular weight excluding hydrogens is 232 g/mol. The normalized spacial score (nSPS) is 20.8. The van der Waals surface area contributed by atoms with Crippen LogP contribution < -0.4 is 11.1 Å². The molecule has 6 nitrogen and oxygen atoms in total. The lowest BCUT2D eigenvalue weighted by Crippen LogP contribution is -2.36. The Bertz CT molecular complexity index is 309. The number of aliphatic imine (C=N–C) groups is 2. The molecule has 0 aromatic carbocycles. The summed E-state index contributed by atoms with van der Waals surface area (Å²) in [5.41, 5.74) is 5.85. The van der Waals surface area contributed by atoms with E-state index >= 15 is 0 Å². The predicted molar refractivity (Wildman–Crippen MR) is 73.1 cm³/mol. The first-order valence-electron chi connectivity index (χ1n) is 6.32. The van der Waals surface area contributed by atoms with Gasteiger partial charge in [0, 0.05) is 26.8 Å². The van der Waals surface area contributed by atoms with E-state index in [0.717, 1.165) is 31.9 Å². The Balaban J connectivity index is 2.54. The maximum atomic E-state index is 8.75. The number of hydrogen-bond acceptors (Lipinski definition) is 4. The van der Waals surface area contributed by atoms with E-state index in [2.05, 4.69) is 22.2 Å². The van der Waals surface area contributed by atoms with Gasteiger partial charge in [0.15, 0.2) is 0 Å². The predicted octanol–water partition coefficient (Wildman–Crippen LogP) is -0.0870. The zero-order valence-electron chi connectivity index (χ0n) is 11.3. The average Bonchev–Trinajstić information content (AvgIpc) is 2.34. The van der Waals surface area contributed by atoms with Crippen LogP contribution in [0.3, 0.4) is 0 Å². The van der Waals surface area contributed by atoms with Crippen molar-refractivity contribution in [2.75, 3.05) is 33.4 Å². The Labute approximate surface area is 108 Å². The first kappa shape index (κ1) is 14.9. The smallest absolute Gasteiger partial charge is 0.104 e. The number of nitrogens with zero attached hydrogens (tertiary/aromatic N) is 2. The molecule has 1 aliphatic rings. The second kappa shape index (κ2) is 7.33. The molecule has 1 saturated heterocycles. The number of amidine groups is 2. The number of aliphatic hydroxyl groups is 1. The molecule has 6 heteroatoms. The van der Waals surface area contributed by atoms with E-state index in [0.29, 0.717) is 18.8 Å². The highest BCUT2D eigenvalue weighted by Crippen LogP contribution is 2.24. The lowest BCUT2D eigenvalue weighted by molar-refractivity contribution is 0.0602. The van der Waals surface area contributed by atoms with Crippen LogP contribution in [0.1, 0.15) is 26.2 Å². The van der Waals surface area contributed by atoms with Crippen LogP contribution in [0.5, 0.6) is 0 Å². The van der Waals surface area contributed by atoms with Crippen molar-refractivity contribution in [1.82, 2.24) is 5.32 Å². The topological polar surface area (TPSA) is 92.2 Å². The highest BCUT2D eigenvalue weighted by Gasteiger charge is 2.26. The lowest BCUT2D eigenvalue weighted by Gasteiger charge is -2.30. The number of nitrogens with two attached hydrogens (primary N) is 1. The second-order valence-electron chi connectivity index (χ2n) is 4.71. The molecular formula is C12H24N4O2. The summed E-state index contributed by atoms with van der Waals surface area (Å²) in [6.45, 7) is 4.14. The molecule has 1 aliphatic heterocycles. The Morgan fingerprint density at radius 1 is 1.44 bits per heavy atom. The van der Waals surface area contributed by atoms with Gasteiger partial charge in [-0.15, -0.1) is 0 Å². The van der Waals surface area contributed by atoms with E-state index in [9.17, 15) is 0 Å². The highest BCUT2D eigenvalue weighted by molar-refractivity contribution is 6.01. The molecule has 0 aliphatic carbocycles. The van der Waals surface area contributed by atoms with E-state index in [1.54, 1.807) is 7.05 Å². The number of rotatable bonds is 5. The van der Waals surface area contributed by atoms with Crippen molar-refractivity contribution in [2.45, 2.75) is 31.7 Å². The summed E-state index contributed by atoms with van der Waals surface area (Å²) < 4.78 is 5.33. The van der Waals surface area contributed by atoms with Crippen LogP contribution in [-0.2, 0) is 4.74 Å². The third-order valence-corrected chi connectivity index (χ3v) is 3.04. The first-order chi connectivity index (χ1) is 8.59. The zero-order chi connectivity index (χ0) is 13.4. The van der Waals surface area contributed by atoms with Crippen molar-refractivity contribution in [3.05, 3.63) is 0 Å². The Kier molecular flexibility index (Phi) is 6.07. The minimum Gasteiger partial charge on any atom is -0.395 e. The zero-order valence-corrected chi connectivity index (χ0v) is 11.3. The number of hydrogen-bond donors (Lipinski definition) is 3. The molecule has 0 bridgehead atoms. The van der Waals surface area contributed by atoms with Gasteiger partial charge in [0.25, 0.3) is 0 Å². The molecule has 1 rings (SSSR count). The second-order valence-corrected chi connectivity index (χ2v) is 4.71. The van der Waals surface area contributed by atoms with Crippen molar-refractivity contribution in [1.29, 1.82) is 0 Å². The van der Waals surface area contributed by atoms with Crippen LogP contribution in [0, 0.1) is 0 Å². The molecule has 0 aromatic rings. The van der Waals surface area contributed by atoms with E-state index in [-0.39, 0.29) is 12.1 Å². The quantitative estimate of drug-likeness (QED) is 0.473. The maximum Gasteiger partial charge on any atom is 0.104 e. The van der Waals surface area contributed by atoms with Gasteiger partial charge in [-0.1, -0.05) is 0 Å². The monoisotopic (exact) mass is 256 g/mol. The number of nitrogens with one attached hydrogen (secondary N) is 1. The van der Waals surface area contributed by atoms with Gasteiger partial charge in [0.2, 0.25) is 0 Å². The minimum atomic E-state index is -0.113. The summed E-state index contributed by atoms with van der Waals surface area (Å²) in [4.78, 5) is 8.69. The summed E-state index contributed by atoms with van der Waals surface area (Å²) in [6.07, 6.45) is 2.29. The van der Waals surface area contributed by atoms with Crippen LogP contribution in [-0.4, -0.2) is 55.7 Å². The van der Waals surface area contributed by atoms with E-state index < -0.39 is 0 Å². The molecule has 0 atom stereocenters. The van der Waals surface area contributed by atoms with Gasteiger partial charge in [0.05, 0.1) is 18.6 Å². The molecule has 1 heterocycles. The molecule has 0 amide bonds. The van der Waals surface area contributed by atoms with Crippen molar-refractivity contribution < 1.29 is 9.84 Å². The maximum absolute atomic E-state index is 8.75. The van der Waals surface area contributed by atoms with Gasteiger partial charge in [-0.3, -0.25) is 9.98 Å². The molecule has 0 spiro atoms. The van der Waals surface area contributed by atoms with Crippen molar-refractivity contribution in [2.24, 2.45) is 15.7 Å². The van der Waals surface area contributed by atoms with Crippen LogP contribution in [0.25, 0.3) is 0 Å². The number of aliphatic hydroxyl groups excluding tert-OH is 1. The third-order valence-electron chi connectivity index (χ3n) is 3.04. The van der Waals surface area contributed by atoms with Crippen molar-refractivity contribution in [3.8, 4) is 0 Å². The molecule has 4 N–H and O–H groups in total. The van der Waals surface area contributed by atoms with E-state index in [1.807, 2.05) is 0 Å². The van der Waals surface area contributed by atoms with Crippen molar-refractivity contribution in [3.63, 3.8) is 0 Å². The summed E-state index contributed by atoms with van der Waals surface area (Å²) in [7, 11) is 1.70. The highest BCUT2D eigenvalue weighted by atomic mass is 16.5. The first-order valence-corrected chi connectivity index (χ1v) is 6.32. The van der Waals surface area contributed by atoms with Gasteiger partial charge < -0.3 is 20.9 Å². The van der Waals surface area contributed by atoms with Crippen LogP contribution in [0.2, 0.25) is 0 Å². The molecule has 0 saturated carbocycles. The van der Waals surface area contributed by atoms with Crippen LogP contribution >= 0.6 is 0 Å². The molecule has 1 fully saturated rings. The lowest BCUT2D eigenvalue weighted by atomic mass is 9.93. The van der Waals surface area contributed by atoms with Crippen LogP contribution in [0.4, 0.5) is 0 Å². The average molecular weight is 256 g/mol. The Morgan fingerprint density at radius 2 is 2.11 bits per heavy atom. The van der Waals surface area contributed by atoms with Gasteiger partial charge in [-0.2, -0.15) is 0 Å². The van der Waals surface area contributed by atoms with E-state index in [1.165, 1.54) is 0 Å². The third kappa shape index (κ3) is 5.01. The van der Waals surface area contributed by atoms with Crippen molar-refractivity contribution >= 4 is 11.7 Å². The summed E-state index contributed by atoms with van der Waals surface area (Å²) >= 11 is 0. The molecule has 0 unspecified atom stereocenters. The summed E-state index contributed by atoms with van der Waals surface area (Å²) in [5, 5.41) is 11.8. The van der Waals surface area contributed by atoms with Gasteiger partial charge in [0.1, 0.15) is 11.7 Å². The fourth-order valence-corrected chi connectivity index (χ4v) is 1.90. The van der Waals surface area contributed by atoms with Gasteiger partial charge in [-0.05, 0) is 19.8 Å². The standard InChI is InChI=1S/C12H24N4O2/c1-12(3-7-18-8-4-12)16-10(13)9-11(14-2)15-5-6-17/h17H,3-9H2,1-2H3,(H2,13,16)(H,14,15). The fraction of sp³-hybridized carbons (Fsp3) is 0.833. The Morgan fingerprint density at radius 3 is 2.67 bits per heavy atom. The molecule has 0 aromatic heterocycles. The SMILES string of the molecule is CN=C(CC(N)=NC1(C)CCOCC1)NCCO. The molecule has 18 heavy (non-hydrogen) atoms. The minimum absolute atomic E-state index is 0.0745.